The van der Waals surface area contributed by atoms with Crippen molar-refractivity contribution in [1.82, 2.24) is 0 Å². The molecule has 4 aliphatic rings. The van der Waals surface area contributed by atoms with Crippen molar-refractivity contribution in [2.45, 2.75) is 45.4 Å². The Morgan fingerprint density at radius 1 is 1.13 bits per heavy atom. The number of hydrogen-bond donors (Lipinski definition) is 0. The van der Waals surface area contributed by atoms with Crippen LogP contribution in [0.3, 0.4) is 0 Å². The Morgan fingerprint density at radius 2 is 1.70 bits per heavy atom. The topological polar surface area (TPSA) is 26.3 Å². The Balaban J connectivity index is 1.46. The molecule has 4 heteroatoms. The van der Waals surface area contributed by atoms with Gasteiger partial charge in [-0.25, -0.2) is 13.6 Å². The van der Waals surface area contributed by atoms with E-state index in [4.69, 9.17) is 4.74 Å². The summed E-state index contributed by atoms with van der Waals surface area (Å²) in [6.07, 6.45) is 7.50. The summed E-state index contributed by atoms with van der Waals surface area (Å²) in [5.74, 6) is -0.0430. The largest absolute Gasteiger partial charge is 0.462 e. The average Bonchev–Trinajstić information content (AvgIpc) is 2.48. The first-order valence-corrected chi connectivity index (χ1v) is 8.57. The van der Waals surface area contributed by atoms with Gasteiger partial charge >= 0.3 is 5.97 Å². The number of carbonyl (C=O) groups is 1. The van der Waals surface area contributed by atoms with E-state index in [1.807, 2.05) is 0 Å². The van der Waals surface area contributed by atoms with E-state index in [2.05, 4.69) is 0 Å². The van der Waals surface area contributed by atoms with Crippen LogP contribution in [-0.4, -0.2) is 12.6 Å². The molecule has 0 aliphatic heterocycles. The normalized spacial score (nSPS) is 34.7. The molecular weight excluding hydrogens is 298 g/mol. The molecule has 0 atom stereocenters. The highest BCUT2D eigenvalue weighted by Gasteiger charge is 2.51. The van der Waals surface area contributed by atoms with E-state index in [9.17, 15) is 13.6 Å². The van der Waals surface area contributed by atoms with E-state index >= 15 is 0 Å². The number of aryl methyl sites for hydroxylation is 1. The molecule has 0 amide bonds. The highest BCUT2D eigenvalue weighted by atomic mass is 19.2. The SMILES string of the molecule is Cc1cc(C(=O)OCC23CC4CC(CC(C4)C2)C3)cc(F)c1F. The van der Waals surface area contributed by atoms with Gasteiger partial charge in [0.05, 0.1) is 12.2 Å². The van der Waals surface area contributed by atoms with Crippen molar-refractivity contribution in [1.29, 1.82) is 0 Å². The first kappa shape index (κ1) is 15.1. The summed E-state index contributed by atoms with van der Waals surface area (Å²) in [5.41, 5.74) is 0.371. The molecule has 0 unspecified atom stereocenters. The molecule has 0 aromatic heterocycles. The van der Waals surface area contributed by atoms with Crippen LogP contribution < -0.4 is 0 Å². The number of rotatable bonds is 3. The molecule has 5 rings (SSSR count). The van der Waals surface area contributed by atoms with Crippen molar-refractivity contribution in [3.63, 3.8) is 0 Å². The summed E-state index contributed by atoms with van der Waals surface area (Å²) in [7, 11) is 0. The van der Waals surface area contributed by atoms with Crippen LogP contribution in [-0.2, 0) is 4.74 Å². The molecule has 124 valence electrons. The van der Waals surface area contributed by atoms with Crippen LogP contribution >= 0.6 is 0 Å². The molecule has 1 aromatic rings. The van der Waals surface area contributed by atoms with E-state index < -0.39 is 17.6 Å². The van der Waals surface area contributed by atoms with Crippen molar-refractivity contribution in [2.24, 2.45) is 23.2 Å². The smallest absolute Gasteiger partial charge is 0.338 e. The summed E-state index contributed by atoms with van der Waals surface area (Å²) in [5, 5.41) is 0. The molecule has 2 nitrogen and oxygen atoms in total. The molecule has 0 N–H and O–H groups in total. The monoisotopic (exact) mass is 320 g/mol. The van der Waals surface area contributed by atoms with Crippen LogP contribution in [0.1, 0.15) is 54.4 Å². The van der Waals surface area contributed by atoms with Gasteiger partial charge in [-0.15, -0.1) is 0 Å². The number of ether oxygens (including phenoxy) is 1. The van der Waals surface area contributed by atoms with Crippen molar-refractivity contribution < 1.29 is 18.3 Å². The third-order valence-electron chi connectivity index (χ3n) is 6.12. The zero-order valence-electron chi connectivity index (χ0n) is 13.4. The molecular formula is C19H22F2O2. The summed E-state index contributed by atoms with van der Waals surface area (Å²) >= 11 is 0. The molecule has 0 saturated heterocycles. The molecule has 0 spiro atoms. The van der Waals surface area contributed by atoms with E-state index in [1.165, 1.54) is 32.3 Å². The Labute approximate surface area is 135 Å². The first-order chi connectivity index (χ1) is 10.9. The first-order valence-electron chi connectivity index (χ1n) is 8.57. The molecule has 0 heterocycles. The van der Waals surface area contributed by atoms with Crippen LogP contribution in [0.4, 0.5) is 8.78 Å². The fourth-order valence-corrected chi connectivity index (χ4v) is 5.61. The summed E-state index contributed by atoms with van der Waals surface area (Å²) in [6, 6.07) is 2.30. The molecule has 1 aromatic carbocycles. The minimum atomic E-state index is -0.994. The minimum Gasteiger partial charge on any atom is -0.462 e. The van der Waals surface area contributed by atoms with Gasteiger partial charge < -0.3 is 4.74 Å². The molecule has 0 radical (unpaired) electrons. The summed E-state index contributed by atoms with van der Waals surface area (Å²) in [6.45, 7) is 1.88. The molecule has 4 bridgehead atoms. The lowest BCUT2D eigenvalue weighted by Crippen LogP contribution is -2.48. The number of benzene rings is 1. The molecule has 4 saturated carbocycles. The molecule has 23 heavy (non-hydrogen) atoms. The highest BCUT2D eigenvalue weighted by molar-refractivity contribution is 5.89. The van der Waals surface area contributed by atoms with Gasteiger partial charge in [-0.2, -0.15) is 0 Å². The van der Waals surface area contributed by atoms with Gasteiger partial charge in [0.2, 0.25) is 0 Å². The summed E-state index contributed by atoms with van der Waals surface area (Å²) < 4.78 is 32.3. The maximum absolute atomic E-state index is 13.5. The fraction of sp³-hybridized carbons (Fsp3) is 0.632. The third-order valence-corrected chi connectivity index (χ3v) is 6.12. The predicted molar refractivity (Wildman–Crippen MR) is 82.0 cm³/mol. The van der Waals surface area contributed by atoms with Gasteiger partial charge in [0, 0.05) is 5.41 Å². The predicted octanol–water partition coefficient (Wildman–Crippen LogP) is 4.65. The van der Waals surface area contributed by atoms with Crippen LogP contribution in [0.15, 0.2) is 12.1 Å². The van der Waals surface area contributed by atoms with Gasteiger partial charge in [0.25, 0.3) is 0 Å². The average molecular weight is 320 g/mol. The van der Waals surface area contributed by atoms with Crippen molar-refractivity contribution in [3.8, 4) is 0 Å². The van der Waals surface area contributed by atoms with E-state index in [1.54, 1.807) is 0 Å². The lowest BCUT2D eigenvalue weighted by atomic mass is 9.50. The van der Waals surface area contributed by atoms with Crippen molar-refractivity contribution in [2.75, 3.05) is 6.61 Å². The Morgan fingerprint density at radius 3 is 2.22 bits per heavy atom. The van der Waals surface area contributed by atoms with E-state index in [-0.39, 0.29) is 16.5 Å². The maximum atomic E-state index is 13.5. The second-order valence-electron chi connectivity index (χ2n) is 8.08. The van der Waals surface area contributed by atoms with Crippen molar-refractivity contribution in [3.05, 3.63) is 34.9 Å². The maximum Gasteiger partial charge on any atom is 0.338 e. The van der Waals surface area contributed by atoms with Crippen molar-refractivity contribution >= 4 is 5.97 Å². The van der Waals surface area contributed by atoms with E-state index in [0.29, 0.717) is 6.61 Å². The highest BCUT2D eigenvalue weighted by Crippen LogP contribution is 2.60. The van der Waals surface area contributed by atoms with Gasteiger partial charge in [-0.1, -0.05) is 0 Å². The minimum absolute atomic E-state index is 0.103. The second-order valence-corrected chi connectivity index (χ2v) is 8.08. The fourth-order valence-electron chi connectivity index (χ4n) is 5.61. The van der Waals surface area contributed by atoms with Gasteiger partial charge in [-0.3, -0.25) is 0 Å². The molecule has 4 aliphatic carbocycles. The van der Waals surface area contributed by atoms with Gasteiger partial charge in [0.15, 0.2) is 11.6 Å². The Hall–Kier alpha value is -1.45. The molecule has 4 fully saturated rings. The lowest BCUT2D eigenvalue weighted by molar-refractivity contribution is -0.0848. The third kappa shape index (κ3) is 2.66. The Kier molecular flexibility index (Phi) is 3.47. The number of carbonyl (C=O) groups excluding carboxylic acids is 1. The standard InChI is InChI=1S/C19H22F2O2/c1-11-2-15(6-16(20)17(11)21)18(22)23-10-19-7-12-3-13(8-19)5-14(4-12)9-19/h2,6,12-14H,3-5,7-10H2,1H3. The van der Waals surface area contributed by atoms with Gasteiger partial charge in [-0.05, 0) is 80.9 Å². The van der Waals surface area contributed by atoms with Crippen LogP contribution in [0.5, 0.6) is 0 Å². The number of hydrogen-bond acceptors (Lipinski definition) is 2. The van der Waals surface area contributed by atoms with Crippen LogP contribution in [0.2, 0.25) is 0 Å². The number of esters is 1. The van der Waals surface area contributed by atoms with Crippen LogP contribution in [0.25, 0.3) is 0 Å². The summed E-state index contributed by atoms with van der Waals surface area (Å²) in [4.78, 5) is 12.2. The lowest BCUT2D eigenvalue weighted by Gasteiger charge is -2.56. The van der Waals surface area contributed by atoms with Crippen LogP contribution in [0, 0.1) is 41.7 Å². The van der Waals surface area contributed by atoms with E-state index in [0.717, 1.165) is 43.1 Å². The zero-order valence-corrected chi connectivity index (χ0v) is 13.4. The van der Waals surface area contributed by atoms with Gasteiger partial charge in [0.1, 0.15) is 0 Å². The number of halogens is 2. The zero-order chi connectivity index (χ0) is 16.2. The Bertz CT molecular complexity index is 594. The quantitative estimate of drug-likeness (QED) is 0.758. The second kappa shape index (κ2) is 5.29.